The molecule has 0 bridgehead atoms. The first-order chi connectivity index (χ1) is 10.2. The molecule has 1 aromatic carbocycles. The van der Waals surface area contributed by atoms with Gasteiger partial charge in [0.15, 0.2) is 0 Å². The molecule has 1 fully saturated rings. The average molecular weight is 292 g/mol. The van der Waals surface area contributed by atoms with E-state index in [1.165, 1.54) is 0 Å². The molecule has 21 heavy (non-hydrogen) atoms. The summed E-state index contributed by atoms with van der Waals surface area (Å²) in [5.74, 6) is 0.348. The lowest BCUT2D eigenvalue weighted by Crippen LogP contribution is -2.36. The molecule has 0 radical (unpaired) electrons. The van der Waals surface area contributed by atoms with Crippen LogP contribution in [0.4, 0.5) is 0 Å². The Bertz CT molecular complexity index is 465. The maximum Gasteiger partial charge on any atom is 0.234 e. The van der Waals surface area contributed by atoms with E-state index in [9.17, 15) is 4.79 Å². The Morgan fingerprint density at radius 1 is 1.43 bits per heavy atom. The van der Waals surface area contributed by atoms with E-state index in [0.29, 0.717) is 25.6 Å². The molecule has 0 saturated carbocycles. The van der Waals surface area contributed by atoms with Gasteiger partial charge in [0.25, 0.3) is 0 Å². The van der Waals surface area contributed by atoms with Crippen molar-refractivity contribution in [1.29, 1.82) is 0 Å². The lowest BCUT2D eigenvalue weighted by molar-refractivity contribution is -0.122. The molecular formula is C16H24N2O3. The quantitative estimate of drug-likeness (QED) is 0.779. The summed E-state index contributed by atoms with van der Waals surface area (Å²) < 4.78 is 5.16. The number of nitrogens with zero attached hydrogens (tertiary/aromatic N) is 1. The van der Waals surface area contributed by atoms with E-state index in [2.05, 4.69) is 10.2 Å². The molecule has 1 atom stereocenters. The number of rotatable bonds is 7. The minimum atomic E-state index is 0.0285. The topological polar surface area (TPSA) is 61.8 Å². The summed E-state index contributed by atoms with van der Waals surface area (Å²) in [6.45, 7) is 3.39. The molecule has 0 aliphatic carbocycles. The molecular weight excluding hydrogens is 268 g/mol. The van der Waals surface area contributed by atoms with Crippen LogP contribution in [0.1, 0.15) is 17.5 Å². The lowest BCUT2D eigenvalue weighted by atomic mass is 10.1. The number of aliphatic hydroxyl groups excluding tert-OH is 1. The van der Waals surface area contributed by atoms with Crippen molar-refractivity contribution in [3.05, 3.63) is 35.4 Å². The summed E-state index contributed by atoms with van der Waals surface area (Å²) in [6, 6.07) is 7.95. The van der Waals surface area contributed by atoms with E-state index in [1.54, 1.807) is 7.11 Å². The third kappa shape index (κ3) is 4.81. The predicted molar refractivity (Wildman–Crippen MR) is 80.6 cm³/mol. The first-order valence-corrected chi connectivity index (χ1v) is 7.38. The number of ether oxygens (including phenoxy) is 1. The first-order valence-electron chi connectivity index (χ1n) is 7.38. The fourth-order valence-electron chi connectivity index (χ4n) is 2.68. The number of nitrogens with one attached hydrogen (secondary N) is 1. The summed E-state index contributed by atoms with van der Waals surface area (Å²) in [6.07, 6.45) is 0.973. The van der Waals surface area contributed by atoms with Gasteiger partial charge in [-0.3, -0.25) is 9.69 Å². The van der Waals surface area contributed by atoms with Crippen molar-refractivity contribution in [2.24, 2.45) is 5.92 Å². The van der Waals surface area contributed by atoms with E-state index < -0.39 is 0 Å². The van der Waals surface area contributed by atoms with E-state index in [4.69, 9.17) is 9.84 Å². The SMILES string of the molecule is COCc1ccccc1CNC(=O)CN1CCC(CO)C1. The third-order valence-corrected chi connectivity index (χ3v) is 3.89. The Balaban J connectivity index is 1.79. The second-order valence-corrected chi connectivity index (χ2v) is 5.55. The van der Waals surface area contributed by atoms with Crippen molar-refractivity contribution in [3.63, 3.8) is 0 Å². The van der Waals surface area contributed by atoms with E-state index in [0.717, 1.165) is 30.6 Å². The van der Waals surface area contributed by atoms with Gasteiger partial charge in [-0.1, -0.05) is 24.3 Å². The lowest BCUT2D eigenvalue weighted by Gasteiger charge is -2.16. The number of hydrogen-bond acceptors (Lipinski definition) is 4. The maximum absolute atomic E-state index is 12.0. The molecule has 1 unspecified atom stereocenters. The zero-order valence-corrected chi connectivity index (χ0v) is 12.5. The number of likely N-dealkylation sites (tertiary alicyclic amines) is 1. The molecule has 0 spiro atoms. The highest BCUT2D eigenvalue weighted by molar-refractivity contribution is 5.78. The Morgan fingerprint density at radius 3 is 2.86 bits per heavy atom. The molecule has 1 aromatic rings. The monoisotopic (exact) mass is 292 g/mol. The number of amides is 1. The van der Waals surface area contributed by atoms with Gasteiger partial charge in [0.2, 0.25) is 5.91 Å². The summed E-state index contributed by atoms with van der Waals surface area (Å²) >= 11 is 0. The second-order valence-electron chi connectivity index (χ2n) is 5.55. The van der Waals surface area contributed by atoms with Gasteiger partial charge in [-0.2, -0.15) is 0 Å². The molecule has 1 saturated heterocycles. The highest BCUT2D eigenvalue weighted by Gasteiger charge is 2.23. The summed E-state index contributed by atoms with van der Waals surface area (Å²) in [7, 11) is 1.67. The average Bonchev–Trinajstić information content (AvgIpc) is 2.94. The summed E-state index contributed by atoms with van der Waals surface area (Å²) in [5.41, 5.74) is 2.18. The van der Waals surface area contributed by atoms with Crippen molar-refractivity contribution in [2.45, 2.75) is 19.6 Å². The van der Waals surface area contributed by atoms with Crippen molar-refractivity contribution in [1.82, 2.24) is 10.2 Å². The van der Waals surface area contributed by atoms with Crippen LogP contribution in [-0.4, -0.2) is 49.3 Å². The van der Waals surface area contributed by atoms with E-state index >= 15 is 0 Å². The summed E-state index contributed by atoms with van der Waals surface area (Å²) in [4.78, 5) is 14.1. The van der Waals surface area contributed by atoms with Gasteiger partial charge in [-0.05, 0) is 30.0 Å². The van der Waals surface area contributed by atoms with Gasteiger partial charge in [-0.25, -0.2) is 0 Å². The third-order valence-electron chi connectivity index (χ3n) is 3.89. The van der Waals surface area contributed by atoms with Crippen molar-refractivity contribution in [2.75, 3.05) is 33.4 Å². The molecule has 2 N–H and O–H groups in total. The predicted octanol–water partition coefficient (Wildman–Crippen LogP) is 0.763. The number of aliphatic hydroxyl groups is 1. The number of methoxy groups -OCH3 is 1. The number of benzene rings is 1. The molecule has 116 valence electrons. The zero-order chi connectivity index (χ0) is 15.1. The highest BCUT2D eigenvalue weighted by atomic mass is 16.5. The minimum Gasteiger partial charge on any atom is -0.396 e. The van der Waals surface area contributed by atoms with Crippen LogP contribution >= 0.6 is 0 Å². The fourth-order valence-corrected chi connectivity index (χ4v) is 2.68. The van der Waals surface area contributed by atoms with Crippen LogP contribution in [0.25, 0.3) is 0 Å². The van der Waals surface area contributed by atoms with Crippen LogP contribution in [-0.2, 0) is 22.7 Å². The van der Waals surface area contributed by atoms with Gasteiger partial charge in [-0.15, -0.1) is 0 Å². The molecule has 0 aromatic heterocycles. The molecule has 1 amide bonds. The van der Waals surface area contributed by atoms with Crippen molar-refractivity contribution in [3.8, 4) is 0 Å². The molecule has 5 nitrogen and oxygen atoms in total. The number of carbonyl (C=O) groups excluding carboxylic acids is 1. The van der Waals surface area contributed by atoms with Gasteiger partial charge >= 0.3 is 0 Å². The molecule has 1 aliphatic rings. The first kappa shape index (κ1) is 15.9. The van der Waals surface area contributed by atoms with Gasteiger partial charge in [0.05, 0.1) is 13.2 Å². The minimum absolute atomic E-state index is 0.0285. The van der Waals surface area contributed by atoms with Crippen LogP contribution in [0.3, 0.4) is 0 Å². The number of hydrogen-bond donors (Lipinski definition) is 2. The Labute approximate surface area is 125 Å². The molecule has 1 heterocycles. The van der Waals surface area contributed by atoms with Gasteiger partial charge in [0, 0.05) is 26.8 Å². The Hall–Kier alpha value is -1.43. The van der Waals surface area contributed by atoms with Crippen LogP contribution in [0.15, 0.2) is 24.3 Å². The number of carbonyl (C=O) groups is 1. The van der Waals surface area contributed by atoms with Crippen LogP contribution in [0.5, 0.6) is 0 Å². The molecule has 5 heteroatoms. The van der Waals surface area contributed by atoms with Gasteiger partial charge in [0.1, 0.15) is 0 Å². The van der Waals surface area contributed by atoms with Crippen LogP contribution in [0.2, 0.25) is 0 Å². The Kier molecular flexibility index (Phi) is 6.17. The summed E-state index contributed by atoms with van der Waals surface area (Å²) in [5, 5.41) is 12.1. The van der Waals surface area contributed by atoms with E-state index in [1.807, 2.05) is 24.3 Å². The zero-order valence-electron chi connectivity index (χ0n) is 12.5. The normalized spacial score (nSPS) is 18.9. The largest absolute Gasteiger partial charge is 0.396 e. The Morgan fingerprint density at radius 2 is 2.19 bits per heavy atom. The standard InChI is InChI=1S/C16H24N2O3/c1-21-12-15-5-3-2-4-14(15)8-17-16(20)10-18-7-6-13(9-18)11-19/h2-5,13,19H,6-12H2,1H3,(H,17,20). The molecule has 2 rings (SSSR count). The van der Waals surface area contributed by atoms with Crippen molar-refractivity contribution < 1.29 is 14.6 Å². The molecule has 1 aliphatic heterocycles. The smallest absolute Gasteiger partial charge is 0.234 e. The van der Waals surface area contributed by atoms with Gasteiger partial charge < -0.3 is 15.2 Å². The van der Waals surface area contributed by atoms with E-state index in [-0.39, 0.29) is 12.5 Å². The maximum atomic E-state index is 12.0. The van der Waals surface area contributed by atoms with Crippen LogP contribution in [0, 0.1) is 5.92 Å². The second kappa shape index (κ2) is 8.12. The van der Waals surface area contributed by atoms with Crippen molar-refractivity contribution >= 4 is 5.91 Å². The fraction of sp³-hybridized carbons (Fsp3) is 0.562. The van der Waals surface area contributed by atoms with Crippen LogP contribution < -0.4 is 5.32 Å². The highest BCUT2D eigenvalue weighted by Crippen LogP contribution is 2.14.